The molecule has 2 aromatic heterocycles. The maximum absolute atomic E-state index is 13.1. The summed E-state index contributed by atoms with van der Waals surface area (Å²) >= 11 is 5.86. The molecular weight excluding hydrogens is 465 g/mol. The number of hydrogen-bond acceptors (Lipinski definition) is 4. The Morgan fingerprint density at radius 2 is 1.70 bits per heavy atom. The quantitative estimate of drug-likeness (QED) is 0.466. The van der Waals surface area contributed by atoms with Gasteiger partial charge in [0.15, 0.2) is 0 Å². The number of halogens is 4. The summed E-state index contributed by atoms with van der Waals surface area (Å²) in [5.74, 6) is -1.12. The van der Waals surface area contributed by atoms with E-state index in [0.29, 0.717) is 10.7 Å². The fourth-order valence-corrected chi connectivity index (χ4v) is 3.43. The third kappa shape index (κ3) is 4.48. The number of nitrogens with zero attached hydrogens (tertiary/aromatic N) is 2. The molecular formula is C21H14ClF3N4O4. The van der Waals surface area contributed by atoms with E-state index in [-0.39, 0.29) is 22.3 Å². The molecule has 2 N–H and O–H groups in total. The average molecular weight is 479 g/mol. The first-order chi connectivity index (χ1) is 15.5. The molecule has 0 aliphatic heterocycles. The van der Waals surface area contributed by atoms with Crippen molar-refractivity contribution in [3.63, 3.8) is 0 Å². The second kappa shape index (κ2) is 8.17. The zero-order valence-electron chi connectivity index (χ0n) is 16.7. The van der Waals surface area contributed by atoms with E-state index in [1.807, 2.05) is 0 Å². The lowest BCUT2D eigenvalue weighted by Gasteiger charge is -2.10. The Morgan fingerprint density at radius 1 is 1.06 bits per heavy atom. The van der Waals surface area contributed by atoms with Crippen molar-refractivity contribution in [1.29, 1.82) is 0 Å². The molecule has 170 valence electrons. The van der Waals surface area contributed by atoms with Crippen LogP contribution >= 0.6 is 11.6 Å². The van der Waals surface area contributed by atoms with Gasteiger partial charge in [-0.25, -0.2) is 9.36 Å². The maximum atomic E-state index is 13.1. The summed E-state index contributed by atoms with van der Waals surface area (Å²) in [4.78, 5) is 41.1. The highest BCUT2D eigenvalue weighted by Gasteiger charge is 2.31. The minimum absolute atomic E-state index is 0.000532. The molecule has 0 radical (unpaired) electrons. The van der Waals surface area contributed by atoms with E-state index in [1.165, 1.54) is 54.2 Å². The van der Waals surface area contributed by atoms with E-state index < -0.39 is 29.3 Å². The van der Waals surface area contributed by atoms with Crippen LogP contribution in [-0.4, -0.2) is 26.4 Å². The third-order valence-corrected chi connectivity index (χ3v) is 4.95. The number of rotatable bonds is 4. The number of carbonyl (C=O) groups excluding carboxylic acids is 1. The van der Waals surface area contributed by atoms with Crippen LogP contribution in [0.4, 0.5) is 18.9 Å². The number of amides is 1. The van der Waals surface area contributed by atoms with Crippen LogP contribution in [0.5, 0.6) is 5.75 Å². The van der Waals surface area contributed by atoms with Crippen LogP contribution in [0.15, 0.2) is 64.3 Å². The van der Waals surface area contributed by atoms with Crippen molar-refractivity contribution in [1.82, 2.24) is 14.1 Å². The molecule has 4 rings (SSSR count). The largest absolute Gasteiger partial charge is 0.573 e. The van der Waals surface area contributed by atoms with E-state index in [9.17, 15) is 27.6 Å². The number of aryl methyl sites for hydroxylation is 1. The van der Waals surface area contributed by atoms with Crippen molar-refractivity contribution < 1.29 is 22.7 Å². The van der Waals surface area contributed by atoms with Crippen LogP contribution < -0.4 is 21.3 Å². The van der Waals surface area contributed by atoms with Crippen LogP contribution in [0.1, 0.15) is 10.4 Å². The van der Waals surface area contributed by atoms with Gasteiger partial charge in [0.2, 0.25) is 0 Å². The molecule has 0 atom stereocenters. The Balaban J connectivity index is 1.69. The highest BCUT2D eigenvalue weighted by molar-refractivity contribution is 6.30. The molecule has 8 nitrogen and oxygen atoms in total. The summed E-state index contributed by atoms with van der Waals surface area (Å²) in [6.07, 6.45) is -3.47. The van der Waals surface area contributed by atoms with Crippen molar-refractivity contribution in [2.45, 2.75) is 6.36 Å². The molecule has 0 spiro atoms. The summed E-state index contributed by atoms with van der Waals surface area (Å²) in [5.41, 5.74) is -0.837. The lowest BCUT2D eigenvalue weighted by molar-refractivity contribution is -0.274. The molecule has 2 heterocycles. The number of aromatic nitrogens is 3. The van der Waals surface area contributed by atoms with Crippen molar-refractivity contribution in [2.75, 3.05) is 5.32 Å². The Kier molecular flexibility index (Phi) is 5.50. The van der Waals surface area contributed by atoms with Gasteiger partial charge in [-0.1, -0.05) is 11.6 Å². The summed E-state index contributed by atoms with van der Waals surface area (Å²) in [7, 11) is 1.54. The molecule has 0 saturated carbocycles. The first-order valence-electron chi connectivity index (χ1n) is 9.31. The van der Waals surface area contributed by atoms with Gasteiger partial charge >= 0.3 is 12.1 Å². The van der Waals surface area contributed by atoms with Crippen LogP contribution in [0.2, 0.25) is 5.02 Å². The molecule has 0 aliphatic rings. The smallest absolute Gasteiger partial charge is 0.406 e. The van der Waals surface area contributed by atoms with Crippen LogP contribution in [0.25, 0.3) is 16.7 Å². The minimum Gasteiger partial charge on any atom is -0.406 e. The van der Waals surface area contributed by atoms with E-state index in [4.69, 9.17) is 11.6 Å². The number of alkyl halides is 3. The second-order valence-corrected chi connectivity index (χ2v) is 7.39. The molecule has 33 heavy (non-hydrogen) atoms. The van der Waals surface area contributed by atoms with Gasteiger partial charge in [0.25, 0.3) is 11.5 Å². The molecule has 0 aliphatic carbocycles. The number of benzene rings is 2. The molecule has 0 bridgehead atoms. The average Bonchev–Trinajstić information content (AvgIpc) is 3.06. The summed E-state index contributed by atoms with van der Waals surface area (Å²) < 4.78 is 43.0. The molecule has 0 unspecified atom stereocenters. The number of ether oxygens (including phenoxy) is 1. The number of hydrogen-bond donors (Lipinski definition) is 2. The van der Waals surface area contributed by atoms with Gasteiger partial charge in [0.05, 0.1) is 16.8 Å². The Morgan fingerprint density at radius 3 is 2.30 bits per heavy atom. The number of aromatic amines is 1. The Hall–Kier alpha value is -3.99. The molecule has 1 amide bonds. The second-order valence-electron chi connectivity index (χ2n) is 6.95. The molecule has 0 fully saturated rings. The summed E-state index contributed by atoms with van der Waals surface area (Å²) in [5, 5.41) is 2.94. The Labute approximate surface area is 187 Å². The number of nitrogens with one attached hydrogen (secondary N) is 2. The van der Waals surface area contributed by atoms with Gasteiger partial charge in [-0.3, -0.25) is 9.59 Å². The number of carbonyl (C=O) groups is 1. The lowest BCUT2D eigenvalue weighted by Crippen LogP contribution is -2.34. The Bertz CT molecular complexity index is 1470. The highest BCUT2D eigenvalue weighted by atomic mass is 35.5. The zero-order valence-corrected chi connectivity index (χ0v) is 17.5. The van der Waals surface area contributed by atoms with Crippen molar-refractivity contribution in [2.24, 2.45) is 7.05 Å². The fourth-order valence-electron chi connectivity index (χ4n) is 3.31. The van der Waals surface area contributed by atoms with Gasteiger partial charge in [0, 0.05) is 24.0 Å². The molecule has 0 saturated heterocycles. The van der Waals surface area contributed by atoms with Gasteiger partial charge in [-0.15, -0.1) is 13.2 Å². The van der Waals surface area contributed by atoms with Gasteiger partial charge in [-0.2, -0.15) is 0 Å². The zero-order chi connectivity index (χ0) is 23.9. The first kappa shape index (κ1) is 22.2. The third-order valence-electron chi connectivity index (χ3n) is 4.70. The van der Waals surface area contributed by atoms with E-state index in [1.54, 1.807) is 0 Å². The SMILES string of the molecule is Cn1cc(C(=O)Nc2ccc(OC(F)(F)F)cc2)c2[nH]c(=O)n(-c3ccc(Cl)cc3)c(=O)c21. The van der Waals surface area contributed by atoms with Crippen LogP contribution in [-0.2, 0) is 7.05 Å². The monoisotopic (exact) mass is 478 g/mol. The van der Waals surface area contributed by atoms with Crippen LogP contribution in [0.3, 0.4) is 0 Å². The van der Waals surface area contributed by atoms with Gasteiger partial charge in [0.1, 0.15) is 11.3 Å². The number of H-pyrrole nitrogens is 1. The molecule has 2 aromatic carbocycles. The maximum Gasteiger partial charge on any atom is 0.573 e. The predicted molar refractivity (Wildman–Crippen MR) is 115 cm³/mol. The van der Waals surface area contributed by atoms with Gasteiger partial charge < -0.3 is 19.6 Å². The van der Waals surface area contributed by atoms with E-state index >= 15 is 0 Å². The number of fused-ring (bicyclic) bond motifs is 1. The van der Waals surface area contributed by atoms with Gasteiger partial charge in [-0.05, 0) is 48.5 Å². The van der Waals surface area contributed by atoms with Crippen molar-refractivity contribution in [3.05, 3.63) is 86.2 Å². The molecule has 4 aromatic rings. The standard InChI is InChI=1S/C21H14ClF3N4O4/c1-28-10-15(18(30)26-12-4-8-14(9-5-12)33-21(23,24)25)16-17(28)19(31)29(20(32)27-16)13-6-2-11(22)3-7-13/h2-10H,1H3,(H,26,30)(H,27,32). The normalized spacial score (nSPS) is 11.5. The lowest BCUT2D eigenvalue weighted by atomic mass is 10.2. The summed E-state index contributed by atoms with van der Waals surface area (Å²) in [6, 6.07) is 10.6. The van der Waals surface area contributed by atoms with Crippen molar-refractivity contribution in [3.8, 4) is 11.4 Å². The highest BCUT2D eigenvalue weighted by Crippen LogP contribution is 2.24. The summed E-state index contributed by atoms with van der Waals surface area (Å²) in [6.45, 7) is 0. The van der Waals surface area contributed by atoms with Crippen LogP contribution in [0, 0.1) is 0 Å². The van der Waals surface area contributed by atoms with E-state index in [0.717, 1.165) is 16.7 Å². The minimum atomic E-state index is -4.83. The van der Waals surface area contributed by atoms with E-state index in [2.05, 4.69) is 15.0 Å². The van der Waals surface area contributed by atoms with Crippen molar-refractivity contribution >= 4 is 34.2 Å². The number of anilines is 1. The fraction of sp³-hybridized carbons (Fsp3) is 0.0952. The molecule has 12 heteroatoms. The first-order valence-corrected chi connectivity index (χ1v) is 9.69. The predicted octanol–water partition coefficient (Wildman–Crippen LogP) is 3.82. The topological polar surface area (TPSA) is 98.1 Å².